The van der Waals surface area contributed by atoms with E-state index in [0.717, 1.165) is 41.9 Å². The smallest absolute Gasteiger partial charge is 0.162 e. The third-order valence-electron chi connectivity index (χ3n) is 3.93. The molecule has 0 atom stereocenters. The Labute approximate surface area is 133 Å². The van der Waals surface area contributed by atoms with Crippen molar-refractivity contribution in [1.29, 1.82) is 0 Å². The van der Waals surface area contributed by atoms with Gasteiger partial charge in [0.15, 0.2) is 10.8 Å². The van der Waals surface area contributed by atoms with Gasteiger partial charge >= 0.3 is 0 Å². The van der Waals surface area contributed by atoms with Crippen molar-refractivity contribution in [2.24, 2.45) is 0 Å². The number of rotatable bonds is 4. The molecule has 0 unspecified atom stereocenters. The molecule has 6 heteroatoms. The first-order chi connectivity index (χ1) is 10.7. The van der Waals surface area contributed by atoms with E-state index in [4.69, 9.17) is 4.42 Å². The maximum Gasteiger partial charge on any atom is 0.162 e. The topological polar surface area (TPSA) is 47.1 Å². The summed E-state index contributed by atoms with van der Waals surface area (Å²) in [6.07, 6.45) is 4.03. The van der Waals surface area contributed by atoms with Gasteiger partial charge in [-0.2, -0.15) is 5.10 Å². The van der Waals surface area contributed by atoms with E-state index in [1.54, 1.807) is 11.3 Å². The second kappa shape index (κ2) is 5.37. The van der Waals surface area contributed by atoms with Gasteiger partial charge in [0.05, 0.1) is 17.9 Å². The van der Waals surface area contributed by atoms with Gasteiger partial charge in [-0.1, -0.05) is 0 Å². The molecule has 0 radical (unpaired) electrons. The first-order valence-electron chi connectivity index (χ1n) is 7.42. The van der Waals surface area contributed by atoms with Crippen LogP contribution < -0.4 is 0 Å². The zero-order valence-corrected chi connectivity index (χ0v) is 13.5. The normalized spacial score (nSPS) is 16.1. The van der Waals surface area contributed by atoms with Crippen LogP contribution in [0, 0.1) is 13.8 Å². The van der Waals surface area contributed by atoms with Crippen molar-refractivity contribution in [2.45, 2.75) is 26.4 Å². The highest BCUT2D eigenvalue weighted by Crippen LogP contribution is 2.28. The van der Waals surface area contributed by atoms with Crippen LogP contribution in [-0.4, -0.2) is 32.8 Å². The average molecular weight is 314 g/mol. The van der Waals surface area contributed by atoms with Crippen molar-refractivity contribution < 1.29 is 4.42 Å². The summed E-state index contributed by atoms with van der Waals surface area (Å²) in [6, 6.07) is 4.46. The molecule has 0 aliphatic carbocycles. The second-order valence-corrected chi connectivity index (χ2v) is 6.76. The van der Waals surface area contributed by atoms with Gasteiger partial charge in [0, 0.05) is 31.2 Å². The summed E-state index contributed by atoms with van der Waals surface area (Å²) < 4.78 is 7.70. The lowest BCUT2D eigenvalue weighted by molar-refractivity contribution is 0.0897. The predicted octanol–water partition coefficient (Wildman–Crippen LogP) is 3.27. The zero-order valence-electron chi connectivity index (χ0n) is 12.7. The van der Waals surface area contributed by atoms with Gasteiger partial charge in [0.25, 0.3) is 0 Å². The molecule has 1 saturated heterocycles. The van der Waals surface area contributed by atoms with Crippen LogP contribution in [0.1, 0.15) is 23.1 Å². The molecule has 4 rings (SSSR count). The lowest BCUT2D eigenvalue weighted by atomic mass is 10.1. The van der Waals surface area contributed by atoms with Crippen molar-refractivity contribution >= 4 is 11.3 Å². The Kier molecular flexibility index (Phi) is 3.35. The molecule has 1 aliphatic heterocycles. The first kappa shape index (κ1) is 13.7. The molecule has 3 aromatic heterocycles. The molecule has 4 heterocycles. The van der Waals surface area contributed by atoms with E-state index in [1.807, 2.05) is 25.3 Å². The molecule has 0 saturated carbocycles. The van der Waals surface area contributed by atoms with Crippen LogP contribution in [0.2, 0.25) is 0 Å². The monoisotopic (exact) mass is 314 g/mol. The Hall–Kier alpha value is -1.92. The van der Waals surface area contributed by atoms with Crippen molar-refractivity contribution in [3.8, 4) is 10.8 Å². The maximum atomic E-state index is 5.63. The summed E-state index contributed by atoms with van der Waals surface area (Å²) in [6.45, 7) is 7.00. The Balaban J connectivity index is 1.36. The Bertz CT molecular complexity index is 782. The summed E-state index contributed by atoms with van der Waals surface area (Å²) in [7, 11) is 0. The molecule has 3 aromatic rings. The quantitative estimate of drug-likeness (QED) is 0.741. The molecule has 0 bridgehead atoms. The summed E-state index contributed by atoms with van der Waals surface area (Å²) in [5.41, 5.74) is 2.33. The van der Waals surface area contributed by atoms with E-state index in [2.05, 4.69) is 38.2 Å². The average Bonchev–Trinajstić information content (AvgIpc) is 3.14. The highest BCUT2D eigenvalue weighted by molar-refractivity contribution is 7.13. The van der Waals surface area contributed by atoms with Crippen LogP contribution in [0.4, 0.5) is 0 Å². The highest BCUT2D eigenvalue weighted by atomic mass is 32.1. The van der Waals surface area contributed by atoms with Crippen LogP contribution in [-0.2, 0) is 6.54 Å². The molecule has 0 amide bonds. The number of likely N-dealkylation sites (tertiary alicyclic amines) is 1. The van der Waals surface area contributed by atoms with Gasteiger partial charge in [-0.25, -0.2) is 4.98 Å². The van der Waals surface area contributed by atoms with E-state index in [-0.39, 0.29) is 0 Å². The fourth-order valence-electron chi connectivity index (χ4n) is 2.74. The van der Waals surface area contributed by atoms with Crippen molar-refractivity contribution in [3.05, 3.63) is 46.9 Å². The maximum absolute atomic E-state index is 5.63. The predicted molar refractivity (Wildman–Crippen MR) is 85.8 cm³/mol. The van der Waals surface area contributed by atoms with E-state index in [0.29, 0.717) is 6.04 Å². The van der Waals surface area contributed by atoms with Crippen LogP contribution in [0.15, 0.2) is 34.3 Å². The summed E-state index contributed by atoms with van der Waals surface area (Å²) in [5.74, 6) is 1.79. The molecular weight excluding hydrogens is 296 g/mol. The Morgan fingerprint density at radius 2 is 2.18 bits per heavy atom. The number of hydrogen-bond acceptors (Lipinski definition) is 5. The van der Waals surface area contributed by atoms with E-state index in [1.165, 1.54) is 5.56 Å². The van der Waals surface area contributed by atoms with Crippen molar-refractivity contribution in [2.75, 3.05) is 13.1 Å². The fourth-order valence-corrected chi connectivity index (χ4v) is 3.51. The van der Waals surface area contributed by atoms with Gasteiger partial charge in [0.1, 0.15) is 5.76 Å². The van der Waals surface area contributed by atoms with E-state index >= 15 is 0 Å². The standard InChI is InChI=1S/C16H18N4OS/c1-11-5-17-20(6-11)14-8-19(9-14)7-13-10-22-16(18-13)15-4-3-12(2)21-15/h3-6,10,14H,7-9H2,1-2H3. The number of furan rings is 1. The lowest BCUT2D eigenvalue weighted by Crippen LogP contribution is -2.47. The minimum Gasteiger partial charge on any atom is -0.459 e. The van der Waals surface area contributed by atoms with Crippen LogP contribution >= 0.6 is 11.3 Å². The summed E-state index contributed by atoms with van der Waals surface area (Å²) in [5, 5.41) is 7.47. The number of aromatic nitrogens is 3. The molecule has 1 fully saturated rings. The highest BCUT2D eigenvalue weighted by Gasteiger charge is 2.29. The molecule has 5 nitrogen and oxygen atoms in total. The third-order valence-corrected chi connectivity index (χ3v) is 4.84. The van der Waals surface area contributed by atoms with Gasteiger partial charge < -0.3 is 4.42 Å². The molecule has 114 valence electrons. The van der Waals surface area contributed by atoms with Crippen molar-refractivity contribution in [1.82, 2.24) is 19.7 Å². The fraction of sp³-hybridized carbons (Fsp3) is 0.375. The van der Waals surface area contributed by atoms with Gasteiger partial charge in [-0.15, -0.1) is 11.3 Å². The minimum absolute atomic E-state index is 0.500. The summed E-state index contributed by atoms with van der Waals surface area (Å²) in [4.78, 5) is 7.07. The number of aryl methyl sites for hydroxylation is 2. The molecular formula is C16H18N4OS. The van der Waals surface area contributed by atoms with Gasteiger partial charge in [0.2, 0.25) is 0 Å². The zero-order chi connectivity index (χ0) is 15.1. The number of nitrogens with zero attached hydrogens (tertiary/aromatic N) is 4. The molecule has 1 aliphatic rings. The van der Waals surface area contributed by atoms with Crippen LogP contribution in [0.25, 0.3) is 10.8 Å². The SMILES string of the molecule is Cc1cnn(C2CN(Cc3csc(-c4ccc(C)o4)n3)C2)c1. The number of hydrogen-bond donors (Lipinski definition) is 0. The van der Waals surface area contributed by atoms with Crippen LogP contribution in [0.5, 0.6) is 0 Å². The lowest BCUT2D eigenvalue weighted by Gasteiger charge is -2.38. The van der Waals surface area contributed by atoms with Gasteiger partial charge in [-0.05, 0) is 31.5 Å². The Morgan fingerprint density at radius 1 is 1.32 bits per heavy atom. The molecule has 0 aromatic carbocycles. The minimum atomic E-state index is 0.500. The first-order valence-corrected chi connectivity index (χ1v) is 8.29. The Morgan fingerprint density at radius 3 is 2.86 bits per heavy atom. The van der Waals surface area contributed by atoms with Crippen LogP contribution in [0.3, 0.4) is 0 Å². The van der Waals surface area contributed by atoms with E-state index < -0.39 is 0 Å². The summed E-state index contributed by atoms with van der Waals surface area (Å²) >= 11 is 1.64. The molecule has 0 N–H and O–H groups in total. The second-order valence-electron chi connectivity index (χ2n) is 5.90. The number of thiazole rings is 1. The largest absolute Gasteiger partial charge is 0.459 e. The third kappa shape index (κ3) is 2.60. The van der Waals surface area contributed by atoms with Gasteiger partial charge in [-0.3, -0.25) is 9.58 Å². The van der Waals surface area contributed by atoms with E-state index in [9.17, 15) is 0 Å². The molecule has 22 heavy (non-hydrogen) atoms. The van der Waals surface area contributed by atoms with Crippen molar-refractivity contribution in [3.63, 3.8) is 0 Å². The molecule has 0 spiro atoms.